The molecule has 0 rings (SSSR count). The molecular formula is C6H2Cl12O. The van der Waals surface area contributed by atoms with Crippen molar-refractivity contribution in [1.82, 2.24) is 0 Å². The number of alkyl halides is 12. The van der Waals surface area contributed by atoms with Crippen LogP contribution in [0, 0.1) is 0 Å². The van der Waals surface area contributed by atoms with Gasteiger partial charge in [0.05, 0.1) is 0 Å². The van der Waals surface area contributed by atoms with E-state index in [-0.39, 0.29) is 0 Å². The van der Waals surface area contributed by atoms with Crippen molar-refractivity contribution in [1.29, 1.82) is 0 Å². The van der Waals surface area contributed by atoms with Crippen LogP contribution in [0.5, 0.6) is 0 Å². The Morgan fingerprint density at radius 1 is 0.579 bits per heavy atom. The van der Waals surface area contributed by atoms with Gasteiger partial charge in [-0.1, -0.05) is 116 Å². The highest BCUT2D eigenvalue weighted by Gasteiger charge is 2.74. The van der Waals surface area contributed by atoms with Gasteiger partial charge in [-0.2, -0.15) is 0 Å². The highest BCUT2D eigenvalue weighted by Crippen LogP contribution is 2.66. The van der Waals surface area contributed by atoms with Crippen LogP contribution < -0.4 is 0 Å². The first kappa shape index (κ1) is 22.4. The highest BCUT2D eigenvalue weighted by atomic mass is 35.6. The van der Waals surface area contributed by atoms with E-state index in [4.69, 9.17) is 139 Å². The van der Waals surface area contributed by atoms with Crippen LogP contribution in [0.4, 0.5) is 0 Å². The number of halogens is 12. The zero-order chi connectivity index (χ0) is 16.1. The standard InChI is InChI=1S/C6H2Cl12O/c7-1(8)2(9,10)3(11,12)4(13,14)5(15,16)6(17,18)19/h1,19H. The molecule has 0 aliphatic rings. The summed E-state index contributed by atoms with van der Waals surface area (Å²) in [6, 6.07) is 0. The van der Waals surface area contributed by atoms with Crippen molar-refractivity contribution in [3.63, 3.8) is 0 Å². The van der Waals surface area contributed by atoms with E-state index >= 15 is 0 Å². The van der Waals surface area contributed by atoms with Crippen LogP contribution in [0.25, 0.3) is 0 Å². The minimum Gasteiger partial charge on any atom is -0.360 e. The first-order chi connectivity index (χ1) is 7.94. The van der Waals surface area contributed by atoms with E-state index in [2.05, 4.69) is 0 Å². The number of rotatable bonds is 5. The zero-order valence-electron chi connectivity index (χ0n) is 8.06. The maximum atomic E-state index is 9.48. The summed E-state index contributed by atoms with van der Waals surface area (Å²) in [5.41, 5.74) is 0. The average molecular weight is 516 g/mol. The average Bonchev–Trinajstić information content (AvgIpc) is 2.14. The monoisotopic (exact) mass is 510 g/mol. The fourth-order valence-electron chi connectivity index (χ4n) is 0.732. The quantitative estimate of drug-likeness (QED) is 0.409. The van der Waals surface area contributed by atoms with Crippen LogP contribution in [0.3, 0.4) is 0 Å². The van der Waals surface area contributed by atoms with E-state index in [9.17, 15) is 5.11 Å². The SMILES string of the molecule is OC(Cl)(Cl)C(Cl)(Cl)C(Cl)(Cl)C(Cl)(Cl)C(Cl)(Cl)C(Cl)Cl. The predicted molar refractivity (Wildman–Crippen MR) is 89.9 cm³/mol. The molecule has 0 amide bonds. The number of hydrogen-bond donors (Lipinski definition) is 1. The van der Waals surface area contributed by atoms with Crippen LogP contribution in [-0.2, 0) is 0 Å². The summed E-state index contributed by atoms with van der Waals surface area (Å²) < 4.78 is -13.2. The van der Waals surface area contributed by atoms with Crippen LogP contribution in [0.1, 0.15) is 0 Å². The van der Waals surface area contributed by atoms with E-state index in [1.54, 1.807) is 0 Å². The van der Waals surface area contributed by atoms with Gasteiger partial charge in [-0.3, -0.25) is 0 Å². The third-order valence-corrected chi connectivity index (χ3v) is 9.49. The molecule has 0 aromatic heterocycles. The van der Waals surface area contributed by atoms with Crippen molar-refractivity contribution in [2.45, 2.75) is 26.7 Å². The molecule has 0 spiro atoms. The van der Waals surface area contributed by atoms with Gasteiger partial charge in [0.15, 0.2) is 13.0 Å². The highest BCUT2D eigenvalue weighted by molar-refractivity contribution is 6.77. The van der Waals surface area contributed by atoms with Gasteiger partial charge in [-0.15, -0.1) is 23.2 Å². The summed E-state index contributed by atoms with van der Waals surface area (Å²) in [4.78, 5) is -1.56. The number of aliphatic hydroxyl groups is 1. The lowest BCUT2D eigenvalue weighted by molar-refractivity contribution is 0.183. The lowest BCUT2D eigenvalue weighted by Crippen LogP contribution is -2.64. The first-order valence-corrected chi connectivity index (χ1v) is 8.49. The van der Waals surface area contributed by atoms with E-state index < -0.39 is 26.7 Å². The van der Waals surface area contributed by atoms with E-state index in [0.717, 1.165) is 0 Å². The summed E-state index contributed by atoms with van der Waals surface area (Å²) in [5, 5.41) is 9.48. The molecule has 0 saturated heterocycles. The Hall–Kier alpha value is 3.44. The fourth-order valence-corrected chi connectivity index (χ4v) is 3.79. The molecule has 13 heteroatoms. The summed E-state index contributed by atoms with van der Waals surface area (Å²) in [5.74, 6) is 0. The van der Waals surface area contributed by atoms with Gasteiger partial charge in [0.2, 0.25) is 4.33 Å². The minimum atomic E-state index is -2.87. The molecule has 0 aliphatic heterocycles. The van der Waals surface area contributed by atoms with Gasteiger partial charge in [0, 0.05) is 0 Å². The summed E-state index contributed by atoms with van der Waals surface area (Å²) in [7, 11) is 0. The summed E-state index contributed by atoms with van der Waals surface area (Å²) in [6.07, 6.45) is 0. The molecule has 0 atom stereocenters. The molecule has 0 aliphatic carbocycles. The normalized spacial score (nSPS) is 16.1. The molecule has 116 valence electrons. The van der Waals surface area contributed by atoms with Gasteiger partial charge in [0.1, 0.15) is 4.84 Å². The van der Waals surface area contributed by atoms with Crippen molar-refractivity contribution < 1.29 is 5.11 Å². The zero-order valence-corrected chi connectivity index (χ0v) is 17.1. The maximum Gasteiger partial charge on any atom is 0.251 e. The predicted octanol–water partition coefficient (Wildman–Crippen LogP) is 6.61. The van der Waals surface area contributed by atoms with Gasteiger partial charge in [0.25, 0.3) is 4.52 Å². The van der Waals surface area contributed by atoms with Crippen molar-refractivity contribution in [2.24, 2.45) is 0 Å². The second kappa shape index (κ2) is 6.75. The lowest BCUT2D eigenvalue weighted by atomic mass is 10.1. The minimum absolute atomic E-state index is 1.56. The summed E-state index contributed by atoms with van der Waals surface area (Å²) in [6.45, 7) is 0. The lowest BCUT2D eigenvalue weighted by Gasteiger charge is -2.48. The third kappa shape index (κ3) is 3.92. The van der Waals surface area contributed by atoms with Gasteiger partial charge < -0.3 is 5.11 Å². The van der Waals surface area contributed by atoms with E-state index in [0.29, 0.717) is 0 Å². The Bertz CT molecular complexity index is 328. The maximum absolute atomic E-state index is 9.48. The molecule has 0 unspecified atom stereocenters. The van der Waals surface area contributed by atoms with Gasteiger partial charge >= 0.3 is 0 Å². The van der Waals surface area contributed by atoms with Crippen LogP contribution in [0.15, 0.2) is 0 Å². The van der Waals surface area contributed by atoms with E-state index in [1.165, 1.54) is 0 Å². The Morgan fingerprint density at radius 3 is 1.11 bits per heavy atom. The molecule has 0 aromatic rings. The second-order valence-corrected chi connectivity index (χ2v) is 10.9. The second-order valence-electron chi connectivity index (χ2n) is 3.19. The Balaban J connectivity index is 5.92. The molecule has 1 N–H and O–H groups in total. The van der Waals surface area contributed by atoms with Crippen LogP contribution >= 0.6 is 139 Å². The molecule has 19 heavy (non-hydrogen) atoms. The van der Waals surface area contributed by atoms with Crippen molar-refractivity contribution in [3.8, 4) is 0 Å². The Morgan fingerprint density at radius 2 is 0.895 bits per heavy atom. The van der Waals surface area contributed by atoms with Gasteiger partial charge in [-0.25, -0.2) is 0 Å². The Labute approximate surface area is 169 Å². The van der Waals surface area contributed by atoms with E-state index in [1.807, 2.05) is 0 Å². The molecule has 1 nitrogen and oxygen atoms in total. The molecule has 0 heterocycles. The molecule has 0 radical (unpaired) electrons. The molecule has 0 saturated carbocycles. The third-order valence-electron chi connectivity index (χ3n) is 1.86. The smallest absolute Gasteiger partial charge is 0.251 e. The number of hydrogen-bond acceptors (Lipinski definition) is 1. The first-order valence-electron chi connectivity index (χ1n) is 3.84. The van der Waals surface area contributed by atoms with Crippen molar-refractivity contribution in [3.05, 3.63) is 0 Å². The fraction of sp³-hybridized carbons (Fsp3) is 1.00. The largest absolute Gasteiger partial charge is 0.360 e. The van der Waals surface area contributed by atoms with Crippen molar-refractivity contribution in [2.75, 3.05) is 0 Å². The van der Waals surface area contributed by atoms with Crippen LogP contribution in [0.2, 0.25) is 0 Å². The Kier molecular flexibility index (Phi) is 7.97. The summed E-state index contributed by atoms with van der Waals surface area (Å²) >= 11 is 68.2. The molecule has 0 aromatic carbocycles. The molecule has 0 fully saturated rings. The van der Waals surface area contributed by atoms with Crippen LogP contribution in [-0.4, -0.2) is 31.8 Å². The molecule has 0 bridgehead atoms. The topological polar surface area (TPSA) is 20.2 Å². The van der Waals surface area contributed by atoms with Gasteiger partial charge in [-0.05, 0) is 0 Å². The van der Waals surface area contributed by atoms with Crippen molar-refractivity contribution >= 4 is 139 Å². The molecular weight excluding hydrogens is 514 g/mol.